The maximum Gasteiger partial charge on any atom is 0.339 e. The SMILES string of the molecule is CC1C2CCCCC2C=CC12C=CCC13OC45C(=CC21)CC1CC2C=CC46C(=O)OCC54C3C(=O)C(O)C35C7CC(Cc8ccccc8)CCC7C#CC7CCc8coc(CC(C(O)CO)C9CCC%10C(C=CN%11CNCC%10%11)C9)c8C78OC(=O)C7OC73C8(C)CC(CC16C2)C45. The second kappa shape index (κ2) is 18.7. The van der Waals surface area contributed by atoms with Crippen molar-refractivity contribution in [3.8, 4) is 11.8 Å². The van der Waals surface area contributed by atoms with E-state index < -0.39 is 109 Å². The topological polar surface area (TPSA) is 181 Å². The Hall–Kier alpha value is -5.07. The quantitative estimate of drug-likeness (QED) is 0.0891. The number of fused-ring (bicyclic) bond motifs is 8. The molecule has 4 N–H and O–H groups in total. The first-order valence-electron chi connectivity index (χ1n) is 38.0. The lowest BCUT2D eigenvalue weighted by Crippen LogP contribution is -2.85. The van der Waals surface area contributed by atoms with Gasteiger partial charge in [0.2, 0.25) is 0 Å². The van der Waals surface area contributed by atoms with Gasteiger partial charge in [0.15, 0.2) is 17.5 Å². The molecular weight excluding hydrogens is 1190 g/mol. The summed E-state index contributed by atoms with van der Waals surface area (Å²) in [6, 6.07) is 11.3. The molecule has 20 aliphatic rings. The first kappa shape index (κ1) is 57.8. The number of furan rings is 1. The smallest absolute Gasteiger partial charge is 0.339 e. The van der Waals surface area contributed by atoms with E-state index in [9.17, 15) is 10.2 Å². The van der Waals surface area contributed by atoms with Crippen LogP contribution in [0.2, 0.25) is 0 Å². The summed E-state index contributed by atoms with van der Waals surface area (Å²) in [7, 11) is 0. The molecule has 8 heterocycles. The van der Waals surface area contributed by atoms with Crippen molar-refractivity contribution in [2.75, 3.05) is 26.4 Å². The van der Waals surface area contributed by atoms with Crippen LogP contribution in [-0.4, -0.2) is 106 Å². The molecule has 498 valence electrons. The van der Waals surface area contributed by atoms with Crippen LogP contribution in [0.25, 0.3) is 0 Å². The number of aryl methyl sites for hydroxylation is 1. The highest BCUT2D eigenvalue weighted by atomic mass is 16.7. The second-order valence-electron chi connectivity index (χ2n) is 35.9. The van der Waals surface area contributed by atoms with Gasteiger partial charge in [-0.2, -0.15) is 0 Å². The third kappa shape index (κ3) is 6.14. The van der Waals surface area contributed by atoms with E-state index in [0.29, 0.717) is 80.4 Å². The number of aliphatic hydroxyl groups is 3. The van der Waals surface area contributed by atoms with Crippen LogP contribution in [0.3, 0.4) is 0 Å². The molecule has 10 bridgehead atoms. The zero-order valence-corrected chi connectivity index (χ0v) is 55.3. The normalized spacial score (nSPS) is 54.9. The zero-order valence-electron chi connectivity index (χ0n) is 55.3. The third-order valence-corrected chi connectivity index (χ3v) is 33.8. The van der Waals surface area contributed by atoms with Gasteiger partial charge < -0.3 is 43.6 Å². The van der Waals surface area contributed by atoms with E-state index in [1.54, 1.807) is 0 Å². The van der Waals surface area contributed by atoms with E-state index >= 15 is 19.5 Å². The molecule has 8 saturated carbocycles. The molecule has 31 unspecified atom stereocenters. The van der Waals surface area contributed by atoms with Crippen LogP contribution in [0, 0.1) is 145 Å². The van der Waals surface area contributed by atoms with Crippen molar-refractivity contribution in [3.63, 3.8) is 0 Å². The van der Waals surface area contributed by atoms with Crippen molar-refractivity contribution in [2.24, 2.45) is 133 Å². The molecule has 13 nitrogen and oxygen atoms in total. The van der Waals surface area contributed by atoms with E-state index in [4.69, 9.17) is 23.4 Å². The number of rotatable bonds is 7. The van der Waals surface area contributed by atoms with Crippen molar-refractivity contribution in [3.05, 3.63) is 119 Å². The van der Waals surface area contributed by atoms with Crippen molar-refractivity contribution < 1.29 is 53.1 Å². The largest absolute Gasteiger partial charge is 0.469 e. The van der Waals surface area contributed by atoms with Gasteiger partial charge in [-0.25, -0.2) is 4.79 Å². The van der Waals surface area contributed by atoms with Crippen molar-refractivity contribution >= 4 is 17.7 Å². The fraction of sp³-hybridized carbons (Fsp3) is 0.695. The van der Waals surface area contributed by atoms with Gasteiger partial charge in [-0.15, -0.1) is 0 Å². The molecule has 1 aromatic heterocycles. The lowest BCUT2D eigenvalue weighted by atomic mass is 9.27. The maximum atomic E-state index is 18.3. The van der Waals surface area contributed by atoms with Gasteiger partial charge in [-0.3, -0.25) is 14.9 Å². The minimum Gasteiger partial charge on any atom is -0.469 e. The Labute approximate surface area is 558 Å². The van der Waals surface area contributed by atoms with Crippen LogP contribution in [-0.2, 0) is 58.2 Å². The number of Topliss-reactive ketones (excluding diaryl/α,β-unsaturated/α-hetero) is 1. The van der Waals surface area contributed by atoms with Gasteiger partial charge in [0.05, 0.1) is 48.5 Å². The van der Waals surface area contributed by atoms with E-state index in [2.05, 4.69) is 121 Å². The maximum absolute atomic E-state index is 18.3. The van der Waals surface area contributed by atoms with Gasteiger partial charge >= 0.3 is 11.9 Å². The molecule has 9 spiro atoms. The number of carbonyl (C=O) groups is 3. The number of nitrogens with one attached hydrogen (secondary N) is 1. The molecule has 22 rings (SSSR count). The second-order valence-corrected chi connectivity index (χ2v) is 35.9. The number of benzene rings is 1. The average molecular weight is 1280 g/mol. The van der Waals surface area contributed by atoms with Gasteiger partial charge in [0.1, 0.15) is 35.1 Å². The molecule has 5 saturated heterocycles. The number of carbonyl (C=O) groups excluding carboxylic acids is 3. The summed E-state index contributed by atoms with van der Waals surface area (Å²) in [6.45, 7) is 6.27. The van der Waals surface area contributed by atoms with Crippen LogP contribution >= 0.6 is 0 Å². The fourth-order valence-electron chi connectivity index (χ4n) is 31.2. The molecule has 13 heteroatoms. The Kier molecular flexibility index (Phi) is 11.4. The number of hydrogen-bond donors (Lipinski definition) is 4. The molecule has 7 aliphatic heterocycles. The summed E-state index contributed by atoms with van der Waals surface area (Å²) >= 11 is 0. The molecule has 1 aromatic carbocycles. The number of allylic oxidation sites excluding steroid dienone is 5. The van der Waals surface area contributed by atoms with Crippen LogP contribution in [0.15, 0.2) is 101 Å². The third-order valence-electron chi connectivity index (χ3n) is 33.8. The lowest BCUT2D eigenvalue weighted by molar-refractivity contribution is -0.324. The Balaban J connectivity index is 0.791. The number of ether oxygens (including phenoxy) is 4. The Bertz CT molecular complexity index is 3970. The fourth-order valence-corrected chi connectivity index (χ4v) is 31.2. The number of hydrogen-bond acceptors (Lipinski definition) is 13. The minimum atomic E-state index is -1.61. The van der Waals surface area contributed by atoms with E-state index in [1.807, 2.05) is 6.26 Å². The molecule has 95 heavy (non-hydrogen) atoms. The summed E-state index contributed by atoms with van der Waals surface area (Å²) in [5, 5.41) is 42.6. The van der Waals surface area contributed by atoms with Crippen LogP contribution in [0.1, 0.15) is 145 Å². The summed E-state index contributed by atoms with van der Waals surface area (Å²) in [5.41, 5.74) is -7.36. The summed E-state index contributed by atoms with van der Waals surface area (Å²) in [5.74, 6) is 7.17. The highest BCUT2D eigenvalue weighted by Crippen LogP contribution is 2.94. The Morgan fingerprint density at radius 2 is 1.79 bits per heavy atom. The number of epoxide rings is 1. The standard InChI is InChI=1S/C82H94N2O11/c1-44-57-12-7-6-11-48(57)22-26-74(44)24-8-25-77-64(74)34-56-33-55-30-47-21-27-78-72(90)92-42-76(81(56,78)95-77)67-53(38-75(55,78)36-47)37-73(2)80-54(19-16-52-41-91-63(65(52)80)35-59(62(86)40-85)50-17-20-58-51(32-50)23-28-84-43-83-39-61(58)84)18-15-49-14-13-46(29-45-9-4-3-5-10-45)31-60(49)79(67,69(88)66(87)68(76)77)82(73)70(93-82)71(89)94-80/h3-5,8-10,21-24,26-28,34,41,44,46-51,53-55,57-62,64,67-70,83,85-86,88H,6-7,11-14,16-17,19-20,25,29-33,35-40,42-43H2,1-2H3. The monoisotopic (exact) mass is 1280 g/mol. The molecule has 0 amide bonds. The first-order chi connectivity index (χ1) is 46.1. The zero-order chi connectivity index (χ0) is 63.6. The predicted octanol–water partition coefficient (Wildman–Crippen LogP) is 10.5. The van der Waals surface area contributed by atoms with Crippen molar-refractivity contribution in [2.45, 2.75) is 189 Å². The number of aliphatic hydroxyl groups excluding tert-OH is 3. The molecule has 2 aromatic rings. The molecular formula is C82H94N2O11. The summed E-state index contributed by atoms with van der Waals surface area (Å²) < 4.78 is 39.1. The van der Waals surface area contributed by atoms with Crippen molar-refractivity contribution in [1.29, 1.82) is 0 Å². The number of cyclic esters (lactones) is 1. The molecule has 31 atom stereocenters. The van der Waals surface area contributed by atoms with Crippen molar-refractivity contribution in [1.82, 2.24) is 10.2 Å². The van der Waals surface area contributed by atoms with Gasteiger partial charge in [0, 0.05) is 52.7 Å². The van der Waals surface area contributed by atoms with Gasteiger partial charge in [-0.1, -0.05) is 117 Å². The predicted molar refractivity (Wildman–Crippen MR) is 348 cm³/mol. The highest BCUT2D eigenvalue weighted by molar-refractivity contribution is 5.96. The Morgan fingerprint density at radius 1 is 0.905 bits per heavy atom. The van der Waals surface area contributed by atoms with Gasteiger partial charge in [0.25, 0.3) is 0 Å². The number of esters is 2. The van der Waals surface area contributed by atoms with E-state index in [1.165, 1.54) is 36.8 Å². The molecule has 0 radical (unpaired) electrons. The average Bonchev–Trinajstić information content (AvgIpc) is 1.42. The van der Waals surface area contributed by atoms with Crippen LogP contribution in [0.4, 0.5) is 0 Å². The lowest BCUT2D eigenvalue weighted by Gasteiger charge is -2.75. The van der Waals surface area contributed by atoms with Gasteiger partial charge in [-0.05, 0) is 214 Å². The molecule has 13 aliphatic carbocycles. The summed E-state index contributed by atoms with van der Waals surface area (Å²) in [4.78, 5) is 54.1. The van der Waals surface area contributed by atoms with Crippen LogP contribution < -0.4 is 5.32 Å². The van der Waals surface area contributed by atoms with E-state index in [-0.39, 0.29) is 71.6 Å². The minimum absolute atomic E-state index is 0.0125. The Morgan fingerprint density at radius 3 is 2.67 bits per heavy atom. The number of ketones is 1. The summed E-state index contributed by atoms with van der Waals surface area (Å²) in [6.07, 6.45) is 36.7. The number of nitrogens with zero attached hydrogens (tertiary/aromatic N) is 1. The van der Waals surface area contributed by atoms with E-state index in [0.717, 1.165) is 82.1 Å². The van der Waals surface area contributed by atoms with Crippen LogP contribution in [0.5, 0.6) is 0 Å². The highest BCUT2D eigenvalue weighted by Gasteiger charge is 3.02. The molecule has 13 fully saturated rings. The first-order valence-corrected chi connectivity index (χ1v) is 38.0.